The molecule has 0 saturated heterocycles. The Bertz CT molecular complexity index is 299. The summed E-state index contributed by atoms with van der Waals surface area (Å²) < 4.78 is 5.24. The van der Waals surface area contributed by atoms with Crippen molar-refractivity contribution in [3.05, 3.63) is 23.3 Å². The molecule has 17 heavy (non-hydrogen) atoms. The Labute approximate surface area is 106 Å². The van der Waals surface area contributed by atoms with Crippen molar-refractivity contribution in [3.8, 4) is 0 Å². The van der Waals surface area contributed by atoms with Crippen molar-refractivity contribution in [2.24, 2.45) is 0 Å². The van der Waals surface area contributed by atoms with Crippen LogP contribution in [-0.4, -0.2) is 11.6 Å². The summed E-state index contributed by atoms with van der Waals surface area (Å²) in [6.07, 6.45) is 6.60. The van der Waals surface area contributed by atoms with Crippen molar-refractivity contribution in [1.82, 2.24) is 0 Å². The van der Waals surface area contributed by atoms with Gasteiger partial charge in [-0.3, -0.25) is 4.79 Å². The van der Waals surface area contributed by atoms with Crippen molar-refractivity contribution in [3.63, 3.8) is 0 Å². The highest BCUT2D eigenvalue weighted by Gasteiger charge is 2.14. The summed E-state index contributed by atoms with van der Waals surface area (Å²) in [5.74, 6) is -0.154. The van der Waals surface area contributed by atoms with Crippen LogP contribution in [0.4, 0.5) is 0 Å². The number of carbonyl (C=O) groups excluding carboxylic acids is 1. The molecule has 0 spiro atoms. The molecule has 0 aromatic rings. The second-order valence-electron chi connectivity index (χ2n) is 5.66. The zero-order valence-corrected chi connectivity index (χ0v) is 12.1. The van der Waals surface area contributed by atoms with E-state index < -0.39 is 0 Å². The van der Waals surface area contributed by atoms with E-state index in [2.05, 4.69) is 26.8 Å². The number of ether oxygens (including phenoxy) is 1. The van der Waals surface area contributed by atoms with Gasteiger partial charge < -0.3 is 4.74 Å². The van der Waals surface area contributed by atoms with E-state index in [1.54, 1.807) is 0 Å². The zero-order chi connectivity index (χ0) is 13.5. The van der Waals surface area contributed by atoms with Crippen molar-refractivity contribution in [2.75, 3.05) is 0 Å². The van der Waals surface area contributed by atoms with E-state index in [0.717, 1.165) is 12.8 Å². The van der Waals surface area contributed by atoms with E-state index in [4.69, 9.17) is 4.74 Å². The lowest BCUT2D eigenvalue weighted by Crippen LogP contribution is -2.23. The molecule has 0 aliphatic carbocycles. The van der Waals surface area contributed by atoms with E-state index in [1.807, 2.05) is 26.8 Å². The number of allylic oxidation sites excluding steroid dienone is 3. The lowest BCUT2D eigenvalue weighted by Gasteiger charge is -2.18. The van der Waals surface area contributed by atoms with Gasteiger partial charge in [0.25, 0.3) is 0 Å². The summed E-state index contributed by atoms with van der Waals surface area (Å²) >= 11 is 0. The van der Waals surface area contributed by atoms with Crippen LogP contribution in [0.1, 0.15) is 60.8 Å². The van der Waals surface area contributed by atoms with Gasteiger partial charge in [0.1, 0.15) is 5.60 Å². The van der Waals surface area contributed by atoms with Crippen molar-refractivity contribution >= 4 is 5.97 Å². The number of esters is 1. The van der Waals surface area contributed by atoms with E-state index >= 15 is 0 Å². The third-order valence-electron chi connectivity index (χ3n) is 2.13. The molecule has 0 aliphatic rings. The molecule has 0 atom stereocenters. The minimum absolute atomic E-state index is 0.154. The number of hydrogen-bond donors (Lipinski definition) is 0. The smallest absolute Gasteiger partial charge is 0.310 e. The fourth-order valence-electron chi connectivity index (χ4n) is 1.33. The second kappa shape index (κ2) is 7.31. The van der Waals surface area contributed by atoms with Crippen LogP contribution in [0.5, 0.6) is 0 Å². The van der Waals surface area contributed by atoms with E-state index in [9.17, 15) is 4.79 Å². The summed E-state index contributed by atoms with van der Waals surface area (Å²) in [6.45, 7) is 11.9. The molecular formula is C15H26O2. The van der Waals surface area contributed by atoms with Crippen molar-refractivity contribution in [1.29, 1.82) is 0 Å². The predicted octanol–water partition coefficient (Wildman–Crippen LogP) is 4.41. The molecule has 0 saturated carbocycles. The van der Waals surface area contributed by atoms with Gasteiger partial charge in [0, 0.05) is 0 Å². The van der Waals surface area contributed by atoms with Gasteiger partial charge in [-0.25, -0.2) is 0 Å². The highest BCUT2D eigenvalue weighted by molar-refractivity contribution is 5.71. The van der Waals surface area contributed by atoms with Crippen LogP contribution in [0, 0.1) is 0 Å². The molecular weight excluding hydrogens is 212 g/mol. The second-order valence-corrected chi connectivity index (χ2v) is 5.66. The monoisotopic (exact) mass is 238 g/mol. The first-order chi connectivity index (χ1) is 7.70. The molecule has 0 aliphatic heterocycles. The number of carbonyl (C=O) groups is 1. The Morgan fingerprint density at radius 3 is 2.18 bits per heavy atom. The summed E-state index contributed by atoms with van der Waals surface area (Å²) in [5, 5.41) is 0. The predicted molar refractivity (Wildman–Crippen MR) is 72.9 cm³/mol. The Morgan fingerprint density at radius 1 is 1.12 bits per heavy atom. The molecule has 0 amide bonds. The van der Waals surface area contributed by atoms with Gasteiger partial charge in [0.15, 0.2) is 0 Å². The number of hydrogen-bond acceptors (Lipinski definition) is 2. The Kier molecular flexibility index (Phi) is 6.86. The Hall–Kier alpha value is -1.05. The molecule has 0 bridgehead atoms. The van der Waals surface area contributed by atoms with Crippen LogP contribution in [-0.2, 0) is 9.53 Å². The van der Waals surface area contributed by atoms with Crippen LogP contribution in [0.25, 0.3) is 0 Å². The third-order valence-corrected chi connectivity index (χ3v) is 2.13. The van der Waals surface area contributed by atoms with Gasteiger partial charge in [-0.05, 0) is 54.4 Å². The summed E-state index contributed by atoms with van der Waals surface area (Å²) in [6, 6.07) is 0. The van der Waals surface area contributed by atoms with Crippen molar-refractivity contribution in [2.45, 2.75) is 66.4 Å². The Balaban J connectivity index is 3.99. The van der Waals surface area contributed by atoms with Crippen LogP contribution in [0.15, 0.2) is 23.3 Å². The fourth-order valence-corrected chi connectivity index (χ4v) is 1.33. The van der Waals surface area contributed by atoms with Gasteiger partial charge in [-0.1, -0.05) is 23.3 Å². The van der Waals surface area contributed by atoms with Gasteiger partial charge in [-0.15, -0.1) is 0 Å². The molecule has 98 valence electrons. The first-order valence-corrected chi connectivity index (χ1v) is 6.21. The zero-order valence-electron chi connectivity index (χ0n) is 12.1. The lowest BCUT2D eigenvalue weighted by molar-refractivity contribution is -0.153. The largest absolute Gasteiger partial charge is 0.460 e. The molecule has 0 heterocycles. The minimum atomic E-state index is -0.388. The summed E-state index contributed by atoms with van der Waals surface area (Å²) in [7, 11) is 0. The maximum absolute atomic E-state index is 11.5. The van der Waals surface area contributed by atoms with Gasteiger partial charge in [-0.2, -0.15) is 0 Å². The average Bonchev–Trinajstić information content (AvgIpc) is 2.11. The van der Waals surface area contributed by atoms with Crippen LogP contribution in [0.3, 0.4) is 0 Å². The molecule has 0 fully saturated rings. The molecule has 0 unspecified atom stereocenters. The fraction of sp³-hybridized carbons (Fsp3) is 0.667. The standard InChI is InChI=1S/C15H26O2/c1-12(2)8-7-9-13(3)10-11-14(16)17-15(4,5)6/h8,10H,7,9,11H2,1-6H3/b13-10+. The van der Waals surface area contributed by atoms with E-state index in [0.29, 0.717) is 6.42 Å². The Morgan fingerprint density at radius 2 is 1.71 bits per heavy atom. The molecule has 0 radical (unpaired) electrons. The first-order valence-electron chi connectivity index (χ1n) is 6.21. The normalized spacial score (nSPS) is 12.2. The van der Waals surface area contributed by atoms with Gasteiger partial charge in [0.2, 0.25) is 0 Å². The number of rotatable bonds is 5. The van der Waals surface area contributed by atoms with Crippen LogP contribution in [0.2, 0.25) is 0 Å². The summed E-state index contributed by atoms with van der Waals surface area (Å²) in [4.78, 5) is 11.5. The lowest BCUT2D eigenvalue weighted by atomic mass is 10.1. The first kappa shape index (κ1) is 16.0. The molecule has 0 aromatic heterocycles. The minimum Gasteiger partial charge on any atom is -0.460 e. The van der Waals surface area contributed by atoms with Crippen LogP contribution < -0.4 is 0 Å². The maximum atomic E-state index is 11.5. The molecule has 0 aromatic carbocycles. The van der Waals surface area contributed by atoms with E-state index in [-0.39, 0.29) is 11.6 Å². The quantitative estimate of drug-likeness (QED) is 0.524. The highest BCUT2D eigenvalue weighted by Crippen LogP contribution is 2.11. The topological polar surface area (TPSA) is 26.3 Å². The van der Waals surface area contributed by atoms with Gasteiger partial charge >= 0.3 is 5.97 Å². The van der Waals surface area contributed by atoms with E-state index in [1.165, 1.54) is 11.1 Å². The molecule has 0 rings (SSSR count). The molecule has 2 nitrogen and oxygen atoms in total. The summed E-state index contributed by atoms with van der Waals surface area (Å²) in [5.41, 5.74) is 2.19. The SMILES string of the molecule is CC(C)=CCC/C(C)=C/CC(=O)OC(C)(C)C. The third kappa shape index (κ3) is 11.2. The molecule has 0 N–H and O–H groups in total. The highest BCUT2D eigenvalue weighted by atomic mass is 16.6. The van der Waals surface area contributed by atoms with Crippen LogP contribution >= 0.6 is 0 Å². The van der Waals surface area contributed by atoms with Gasteiger partial charge in [0.05, 0.1) is 6.42 Å². The van der Waals surface area contributed by atoms with Crippen molar-refractivity contribution < 1.29 is 9.53 Å². The molecule has 2 heteroatoms. The average molecular weight is 238 g/mol. The maximum Gasteiger partial charge on any atom is 0.310 e.